The van der Waals surface area contributed by atoms with E-state index in [1.165, 1.54) is 16.7 Å². The van der Waals surface area contributed by atoms with E-state index in [4.69, 9.17) is 10.7 Å². The van der Waals surface area contributed by atoms with Crippen molar-refractivity contribution in [2.45, 2.75) is 12.3 Å². The molecule has 0 aliphatic heterocycles. The maximum absolute atomic E-state index is 6.27. The largest absolute Gasteiger partial charge is 0.383 e. The minimum atomic E-state index is 0.215. The monoisotopic (exact) mass is 324 g/mol. The predicted octanol–water partition coefficient (Wildman–Crippen LogP) is 3.96. The molecule has 1 unspecified atom stereocenters. The predicted molar refractivity (Wildman–Crippen MR) is 99.2 cm³/mol. The molecule has 1 aliphatic carbocycles. The number of pyridine rings is 3. The summed E-state index contributed by atoms with van der Waals surface area (Å²) in [7, 11) is 0. The van der Waals surface area contributed by atoms with Crippen molar-refractivity contribution in [3.8, 4) is 11.3 Å². The molecule has 0 fully saturated rings. The van der Waals surface area contributed by atoms with Crippen molar-refractivity contribution in [1.82, 2.24) is 15.0 Å². The molecular formula is C21H16N4. The molecule has 1 atom stereocenters. The molecular weight excluding hydrogens is 308 g/mol. The van der Waals surface area contributed by atoms with Crippen LogP contribution in [0.15, 0.2) is 67.3 Å². The third-order valence-electron chi connectivity index (χ3n) is 5.01. The number of nitrogens with two attached hydrogens (primary N) is 1. The van der Waals surface area contributed by atoms with Gasteiger partial charge in [0.1, 0.15) is 5.82 Å². The van der Waals surface area contributed by atoms with Gasteiger partial charge in [0.2, 0.25) is 0 Å². The number of fused-ring (bicyclic) bond motifs is 5. The summed E-state index contributed by atoms with van der Waals surface area (Å²) in [6.07, 6.45) is 8.34. The van der Waals surface area contributed by atoms with Crippen LogP contribution < -0.4 is 5.73 Å². The van der Waals surface area contributed by atoms with Crippen molar-refractivity contribution in [1.29, 1.82) is 0 Å². The summed E-state index contributed by atoms with van der Waals surface area (Å²) in [5, 5.41) is 2.05. The van der Waals surface area contributed by atoms with Crippen LogP contribution in [0.4, 0.5) is 5.82 Å². The van der Waals surface area contributed by atoms with E-state index in [-0.39, 0.29) is 5.92 Å². The molecule has 0 bridgehead atoms. The fourth-order valence-corrected chi connectivity index (χ4v) is 3.87. The van der Waals surface area contributed by atoms with Crippen LogP contribution in [0, 0.1) is 0 Å². The minimum Gasteiger partial charge on any atom is -0.383 e. The topological polar surface area (TPSA) is 64.7 Å². The van der Waals surface area contributed by atoms with Gasteiger partial charge >= 0.3 is 0 Å². The van der Waals surface area contributed by atoms with Gasteiger partial charge in [0.05, 0.1) is 5.69 Å². The van der Waals surface area contributed by atoms with Gasteiger partial charge in [-0.15, -0.1) is 0 Å². The van der Waals surface area contributed by atoms with Gasteiger partial charge in [0, 0.05) is 47.0 Å². The lowest BCUT2D eigenvalue weighted by Crippen LogP contribution is -2.15. The smallest absolute Gasteiger partial charge is 0.132 e. The Morgan fingerprint density at radius 1 is 0.880 bits per heavy atom. The average Bonchev–Trinajstić information content (AvgIpc) is 2.68. The van der Waals surface area contributed by atoms with Crippen molar-refractivity contribution in [2.24, 2.45) is 0 Å². The van der Waals surface area contributed by atoms with Gasteiger partial charge in [0.25, 0.3) is 0 Å². The van der Waals surface area contributed by atoms with Crippen molar-refractivity contribution < 1.29 is 0 Å². The van der Waals surface area contributed by atoms with Crippen LogP contribution in [0.1, 0.15) is 22.6 Å². The number of rotatable bonds is 1. The Hall–Kier alpha value is -3.27. The molecule has 1 aromatic carbocycles. The van der Waals surface area contributed by atoms with Crippen LogP contribution in [-0.4, -0.2) is 15.0 Å². The molecule has 120 valence electrons. The highest BCUT2D eigenvalue weighted by atomic mass is 14.9. The molecule has 3 heterocycles. The second kappa shape index (κ2) is 5.38. The molecule has 0 saturated heterocycles. The highest BCUT2D eigenvalue weighted by molar-refractivity contribution is 5.98. The van der Waals surface area contributed by atoms with Crippen molar-refractivity contribution >= 4 is 16.6 Å². The van der Waals surface area contributed by atoms with Gasteiger partial charge in [-0.3, -0.25) is 9.97 Å². The van der Waals surface area contributed by atoms with E-state index >= 15 is 0 Å². The van der Waals surface area contributed by atoms with E-state index in [1.807, 2.05) is 36.8 Å². The van der Waals surface area contributed by atoms with Crippen LogP contribution in [0.5, 0.6) is 0 Å². The maximum Gasteiger partial charge on any atom is 0.132 e. The summed E-state index contributed by atoms with van der Waals surface area (Å²) in [5.41, 5.74) is 12.0. The molecule has 4 heteroatoms. The second-order valence-electron chi connectivity index (χ2n) is 6.38. The summed E-state index contributed by atoms with van der Waals surface area (Å²) in [5.74, 6) is 0.764. The van der Waals surface area contributed by atoms with Gasteiger partial charge < -0.3 is 5.73 Å². The quantitative estimate of drug-likeness (QED) is 0.575. The first-order valence-electron chi connectivity index (χ1n) is 8.34. The third kappa shape index (κ3) is 2.11. The molecule has 0 saturated carbocycles. The molecule has 0 radical (unpaired) electrons. The van der Waals surface area contributed by atoms with E-state index in [9.17, 15) is 0 Å². The molecule has 3 aromatic heterocycles. The van der Waals surface area contributed by atoms with E-state index in [0.29, 0.717) is 5.82 Å². The lowest BCUT2D eigenvalue weighted by molar-refractivity contribution is 0.790. The van der Waals surface area contributed by atoms with Crippen molar-refractivity contribution in [3.05, 3.63) is 83.9 Å². The number of hydrogen-bond donors (Lipinski definition) is 1. The van der Waals surface area contributed by atoms with Gasteiger partial charge in [-0.05, 0) is 35.2 Å². The zero-order valence-corrected chi connectivity index (χ0v) is 13.6. The first-order chi connectivity index (χ1) is 12.3. The van der Waals surface area contributed by atoms with E-state index in [0.717, 1.165) is 28.5 Å². The zero-order chi connectivity index (χ0) is 16.8. The Balaban J connectivity index is 1.89. The van der Waals surface area contributed by atoms with Crippen LogP contribution in [0.3, 0.4) is 0 Å². The Morgan fingerprint density at radius 2 is 1.68 bits per heavy atom. The lowest BCUT2D eigenvalue weighted by Gasteiger charge is -2.28. The van der Waals surface area contributed by atoms with Crippen LogP contribution in [-0.2, 0) is 6.42 Å². The standard InChI is InChI=1S/C21H16N4/c22-21-16-7-9-24-12-18(16)19-17(13-4-2-1-3-5-13)10-14-11-23-8-6-15(14)20(19)25-21/h1-9,11-12,17H,10H2,(H2,22,25). The molecule has 4 nitrogen and oxygen atoms in total. The number of benzene rings is 1. The minimum absolute atomic E-state index is 0.215. The Morgan fingerprint density at radius 3 is 2.56 bits per heavy atom. The van der Waals surface area contributed by atoms with Crippen LogP contribution in [0.2, 0.25) is 0 Å². The summed E-state index contributed by atoms with van der Waals surface area (Å²) >= 11 is 0. The summed E-state index contributed by atoms with van der Waals surface area (Å²) in [6, 6.07) is 14.5. The molecule has 5 rings (SSSR count). The maximum atomic E-state index is 6.27. The summed E-state index contributed by atoms with van der Waals surface area (Å²) in [6.45, 7) is 0. The van der Waals surface area contributed by atoms with E-state index < -0.39 is 0 Å². The highest BCUT2D eigenvalue weighted by Gasteiger charge is 2.29. The zero-order valence-electron chi connectivity index (χ0n) is 13.6. The molecule has 25 heavy (non-hydrogen) atoms. The normalized spacial score (nSPS) is 15.6. The third-order valence-corrected chi connectivity index (χ3v) is 5.01. The Labute approximate surface area is 145 Å². The SMILES string of the molecule is Nc1nc2c(c3cnccc13)C(c1ccccc1)Cc1cnccc1-2. The molecule has 0 amide bonds. The summed E-state index contributed by atoms with van der Waals surface area (Å²) in [4.78, 5) is 13.4. The Bertz CT molecular complexity index is 1090. The van der Waals surface area contributed by atoms with Gasteiger partial charge in [-0.1, -0.05) is 30.3 Å². The molecule has 0 spiro atoms. The van der Waals surface area contributed by atoms with E-state index in [2.05, 4.69) is 34.2 Å². The molecule has 1 aliphatic rings. The van der Waals surface area contributed by atoms with E-state index in [1.54, 1.807) is 6.20 Å². The van der Waals surface area contributed by atoms with Gasteiger partial charge in [-0.25, -0.2) is 4.98 Å². The Kier molecular flexibility index (Phi) is 3.04. The van der Waals surface area contributed by atoms with Crippen molar-refractivity contribution in [2.75, 3.05) is 5.73 Å². The van der Waals surface area contributed by atoms with Crippen molar-refractivity contribution in [3.63, 3.8) is 0 Å². The van der Waals surface area contributed by atoms with Gasteiger partial charge in [0.15, 0.2) is 0 Å². The summed E-state index contributed by atoms with van der Waals surface area (Å²) < 4.78 is 0. The number of anilines is 1. The molecule has 4 aromatic rings. The number of hydrogen-bond acceptors (Lipinski definition) is 4. The van der Waals surface area contributed by atoms with Crippen LogP contribution in [0.25, 0.3) is 22.0 Å². The highest BCUT2D eigenvalue weighted by Crippen LogP contribution is 2.45. The fourth-order valence-electron chi connectivity index (χ4n) is 3.87. The number of aromatic nitrogens is 3. The average molecular weight is 324 g/mol. The number of nitrogens with zero attached hydrogens (tertiary/aromatic N) is 3. The first kappa shape index (κ1) is 14.1. The van der Waals surface area contributed by atoms with Gasteiger partial charge in [-0.2, -0.15) is 0 Å². The first-order valence-corrected chi connectivity index (χ1v) is 8.34. The fraction of sp³-hybridized carbons (Fsp3) is 0.0952. The lowest BCUT2D eigenvalue weighted by atomic mass is 9.77. The second-order valence-corrected chi connectivity index (χ2v) is 6.38. The van der Waals surface area contributed by atoms with Crippen LogP contribution >= 0.6 is 0 Å². The number of nitrogen functional groups attached to an aromatic ring is 1. The molecule has 2 N–H and O–H groups in total.